The summed E-state index contributed by atoms with van der Waals surface area (Å²) in [5.74, 6) is -0.279. The van der Waals surface area contributed by atoms with Gasteiger partial charge >= 0.3 is 0 Å². The van der Waals surface area contributed by atoms with Crippen LogP contribution in [0.4, 0.5) is 21.0 Å². The van der Waals surface area contributed by atoms with Crippen molar-refractivity contribution in [2.45, 2.75) is 45.0 Å². The number of aryl methyl sites for hydroxylation is 1. The Balaban J connectivity index is 1.33. The molecule has 2 unspecified atom stereocenters. The molecule has 1 saturated heterocycles. The molecule has 0 saturated carbocycles. The lowest BCUT2D eigenvalue weighted by Crippen LogP contribution is -2.51. The maximum absolute atomic E-state index is 15.1. The van der Waals surface area contributed by atoms with Gasteiger partial charge in [0.2, 0.25) is 5.91 Å². The number of amides is 1. The van der Waals surface area contributed by atoms with Crippen LogP contribution in [0.1, 0.15) is 36.2 Å². The number of methoxy groups -OCH3 is 1. The van der Waals surface area contributed by atoms with Gasteiger partial charge in [-0.15, -0.1) is 11.3 Å². The van der Waals surface area contributed by atoms with E-state index in [1.54, 1.807) is 38.8 Å². The van der Waals surface area contributed by atoms with Crippen LogP contribution < -0.4 is 15.1 Å². The number of carbonyl (C=O) groups is 1. The number of imidazole rings is 1. The molecule has 38 heavy (non-hydrogen) atoms. The van der Waals surface area contributed by atoms with E-state index < -0.39 is 18.6 Å². The van der Waals surface area contributed by atoms with Crippen molar-refractivity contribution >= 4 is 33.9 Å². The number of fused-ring (bicyclic) bond motifs is 1. The topological polar surface area (TPSA) is 119 Å². The number of anilines is 3. The number of rotatable bonds is 6. The van der Waals surface area contributed by atoms with Gasteiger partial charge in [0.15, 0.2) is 23.5 Å². The smallest absolute Gasteiger partial charge is 0.248 e. The Morgan fingerprint density at radius 1 is 1.32 bits per heavy atom. The van der Waals surface area contributed by atoms with Gasteiger partial charge in [0.25, 0.3) is 0 Å². The zero-order valence-electron chi connectivity index (χ0n) is 21.9. The number of halogens is 1. The minimum atomic E-state index is -1.14. The first-order chi connectivity index (χ1) is 18.1. The van der Waals surface area contributed by atoms with Crippen LogP contribution in [0, 0.1) is 12.7 Å². The zero-order chi connectivity index (χ0) is 27.3. The molecule has 1 aromatic carbocycles. The number of aliphatic hydroxyl groups is 2. The molecular formula is C25H32FN7O4S. The Labute approximate surface area is 224 Å². The number of hydrogen-bond donors (Lipinski definition) is 3. The van der Waals surface area contributed by atoms with Gasteiger partial charge in [-0.2, -0.15) is 0 Å². The summed E-state index contributed by atoms with van der Waals surface area (Å²) in [4.78, 5) is 27.7. The molecule has 204 valence electrons. The number of carbonyl (C=O) groups excluding carboxylic acids is 1. The standard InChI is InChI=1S/C25H32FN7O4S/c1-13(33-12-27-21-20(33)23(35)31(4)25(36)30(21)3)22(34)29-24-28-19(14(2)38-24)15-6-7-18(17(26)10-15)32-9-8-16(11-32)37-5/h6-7,10,12-13,16,23,25,35-36H,8-9,11H2,1-5H3,(H,28,29,34)/t13-,16-,23?,25?/m0/s1. The van der Waals surface area contributed by atoms with Crippen molar-refractivity contribution in [3.63, 3.8) is 0 Å². The van der Waals surface area contributed by atoms with E-state index in [0.29, 0.717) is 40.1 Å². The normalized spacial score (nSPS) is 22.6. The number of benzene rings is 1. The van der Waals surface area contributed by atoms with E-state index in [4.69, 9.17) is 4.74 Å². The third-order valence-electron chi connectivity index (χ3n) is 7.35. The average molecular weight is 546 g/mol. The van der Waals surface area contributed by atoms with E-state index in [9.17, 15) is 15.0 Å². The Kier molecular flexibility index (Phi) is 7.13. The van der Waals surface area contributed by atoms with Gasteiger partial charge in [0.1, 0.15) is 17.6 Å². The minimum Gasteiger partial charge on any atom is -0.380 e. The summed E-state index contributed by atoms with van der Waals surface area (Å²) in [5, 5.41) is 24.2. The largest absolute Gasteiger partial charge is 0.380 e. The lowest BCUT2D eigenvalue weighted by atomic mass is 10.1. The van der Waals surface area contributed by atoms with Crippen molar-refractivity contribution < 1.29 is 24.1 Å². The van der Waals surface area contributed by atoms with Crippen LogP contribution in [0.3, 0.4) is 0 Å². The summed E-state index contributed by atoms with van der Waals surface area (Å²) in [5.41, 5.74) is 2.18. The van der Waals surface area contributed by atoms with Crippen molar-refractivity contribution in [3.05, 3.63) is 40.9 Å². The fourth-order valence-electron chi connectivity index (χ4n) is 5.00. The molecule has 2 aromatic heterocycles. The fourth-order valence-corrected chi connectivity index (χ4v) is 5.83. The monoisotopic (exact) mass is 545 g/mol. The maximum Gasteiger partial charge on any atom is 0.248 e. The highest BCUT2D eigenvalue weighted by atomic mass is 32.1. The van der Waals surface area contributed by atoms with Gasteiger partial charge < -0.3 is 34.6 Å². The number of thiazole rings is 1. The predicted octanol–water partition coefficient (Wildman–Crippen LogP) is 2.53. The summed E-state index contributed by atoms with van der Waals surface area (Å²) >= 11 is 1.30. The van der Waals surface area contributed by atoms with Crippen LogP contribution in [0.15, 0.2) is 24.5 Å². The molecule has 2 aliphatic heterocycles. The molecule has 4 heterocycles. The average Bonchev–Trinajstić information content (AvgIpc) is 3.64. The molecule has 2 aliphatic rings. The SMILES string of the molecule is CO[C@H]1CCN(c2ccc(-c3nc(NC(=O)[C@H](C)n4cnc5c4C(O)N(C)C(O)N5C)sc3C)cc2F)C1. The first-order valence-corrected chi connectivity index (χ1v) is 13.2. The second kappa shape index (κ2) is 10.2. The summed E-state index contributed by atoms with van der Waals surface area (Å²) in [6.45, 7) is 4.96. The number of hydrogen-bond acceptors (Lipinski definition) is 10. The first-order valence-electron chi connectivity index (χ1n) is 12.3. The number of aromatic nitrogens is 3. The highest BCUT2D eigenvalue weighted by molar-refractivity contribution is 7.16. The molecule has 11 nitrogen and oxygen atoms in total. The van der Waals surface area contributed by atoms with E-state index in [-0.39, 0.29) is 17.8 Å². The molecule has 0 aliphatic carbocycles. The molecule has 4 atom stereocenters. The second-order valence-corrected chi connectivity index (χ2v) is 10.9. The Bertz CT molecular complexity index is 1350. The lowest BCUT2D eigenvalue weighted by molar-refractivity contribution is -0.119. The maximum atomic E-state index is 15.1. The lowest BCUT2D eigenvalue weighted by Gasteiger charge is -2.40. The summed E-state index contributed by atoms with van der Waals surface area (Å²) < 4.78 is 22.0. The van der Waals surface area contributed by atoms with Gasteiger partial charge in [-0.1, -0.05) is 6.07 Å². The Morgan fingerprint density at radius 2 is 2.08 bits per heavy atom. The van der Waals surface area contributed by atoms with Crippen LogP contribution in [0.5, 0.6) is 0 Å². The molecule has 5 rings (SSSR count). The van der Waals surface area contributed by atoms with E-state index in [1.807, 2.05) is 17.9 Å². The third-order valence-corrected chi connectivity index (χ3v) is 8.24. The fraction of sp³-hybridized carbons (Fsp3) is 0.480. The van der Waals surface area contributed by atoms with E-state index in [2.05, 4.69) is 15.3 Å². The van der Waals surface area contributed by atoms with Gasteiger partial charge in [0, 0.05) is 37.7 Å². The molecule has 3 aromatic rings. The minimum absolute atomic E-state index is 0.105. The predicted molar refractivity (Wildman–Crippen MR) is 143 cm³/mol. The quantitative estimate of drug-likeness (QED) is 0.429. The molecule has 1 fully saturated rings. The first kappa shape index (κ1) is 26.5. The summed E-state index contributed by atoms with van der Waals surface area (Å²) in [6, 6.07) is 4.36. The van der Waals surface area contributed by atoms with Gasteiger partial charge in [0.05, 0.1) is 23.8 Å². The van der Waals surface area contributed by atoms with Crippen LogP contribution in [-0.2, 0) is 9.53 Å². The van der Waals surface area contributed by atoms with Crippen molar-refractivity contribution in [3.8, 4) is 11.3 Å². The van der Waals surface area contributed by atoms with Crippen LogP contribution in [0.2, 0.25) is 0 Å². The van der Waals surface area contributed by atoms with Crippen LogP contribution in [0.25, 0.3) is 11.3 Å². The number of nitrogens with one attached hydrogen (secondary N) is 1. The number of aliphatic hydroxyl groups excluding tert-OH is 2. The molecule has 3 N–H and O–H groups in total. The zero-order valence-corrected chi connectivity index (χ0v) is 22.7. The molecule has 0 bridgehead atoms. The molecule has 13 heteroatoms. The van der Waals surface area contributed by atoms with E-state index in [0.717, 1.165) is 17.8 Å². The molecular weight excluding hydrogens is 513 g/mol. The molecule has 1 amide bonds. The van der Waals surface area contributed by atoms with Crippen molar-refractivity contribution in [1.82, 2.24) is 19.4 Å². The van der Waals surface area contributed by atoms with Crippen molar-refractivity contribution in [1.29, 1.82) is 0 Å². The second-order valence-electron chi connectivity index (χ2n) is 9.70. The van der Waals surface area contributed by atoms with E-state index >= 15 is 4.39 Å². The number of nitrogens with zero attached hydrogens (tertiary/aromatic N) is 6. The summed E-state index contributed by atoms with van der Waals surface area (Å²) in [7, 11) is 4.91. The van der Waals surface area contributed by atoms with Crippen LogP contribution in [-0.4, -0.2) is 82.3 Å². The highest BCUT2D eigenvalue weighted by Gasteiger charge is 2.38. The van der Waals surface area contributed by atoms with Crippen molar-refractivity contribution in [2.75, 3.05) is 49.4 Å². The Morgan fingerprint density at radius 3 is 2.76 bits per heavy atom. The third kappa shape index (κ3) is 4.54. The molecule has 0 spiro atoms. The Hall–Kier alpha value is -3.10. The van der Waals surface area contributed by atoms with Gasteiger partial charge in [-0.25, -0.2) is 19.3 Å². The number of ether oxygens (including phenoxy) is 1. The van der Waals surface area contributed by atoms with Crippen LogP contribution >= 0.6 is 11.3 Å². The summed E-state index contributed by atoms with van der Waals surface area (Å²) in [6.07, 6.45) is 0.256. The van der Waals surface area contributed by atoms with Crippen molar-refractivity contribution in [2.24, 2.45) is 0 Å². The molecule has 0 radical (unpaired) electrons. The highest BCUT2D eigenvalue weighted by Crippen LogP contribution is 2.37. The van der Waals surface area contributed by atoms with Gasteiger partial charge in [-0.05, 0) is 39.4 Å². The van der Waals surface area contributed by atoms with Gasteiger partial charge in [-0.3, -0.25) is 4.79 Å². The van der Waals surface area contributed by atoms with E-state index in [1.165, 1.54) is 33.5 Å².